The molecule has 31 heavy (non-hydrogen) atoms. The minimum Gasteiger partial charge on any atom is -0.497 e. The van der Waals surface area contributed by atoms with Crippen molar-refractivity contribution < 1.29 is 19.0 Å². The molecular weight excluding hydrogens is 412 g/mol. The third-order valence-corrected chi connectivity index (χ3v) is 6.29. The molecule has 0 saturated carbocycles. The van der Waals surface area contributed by atoms with E-state index in [-0.39, 0.29) is 11.9 Å². The lowest BCUT2D eigenvalue weighted by atomic mass is 10.0. The van der Waals surface area contributed by atoms with E-state index >= 15 is 0 Å². The number of thiazole rings is 1. The molecular formula is C24H26N2O4S. The largest absolute Gasteiger partial charge is 0.497 e. The molecule has 1 aliphatic rings. The number of nitrogens with zero attached hydrogens (tertiary/aromatic N) is 2. The number of hydrogen-bond acceptors (Lipinski definition) is 6. The molecule has 0 bridgehead atoms. The SMILES string of the molecule is COc1ccc([C@@H]2CCCN2C(=O)c2ccc(OCc3csc(C)n3)cc2)c(OC)c1. The fraction of sp³-hybridized carbons (Fsp3) is 0.333. The molecule has 0 spiro atoms. The molecule has 3 aromatic rings. The zero-order valence-corrected chi connectivity index (χ0v) is 18.8. The van der Waals surface area contributed by atoms with Crippen LogP contribution >= 0.6 is 11.3 Å². The number of carbonyl (C=O) groups is 1. The van der Waals surface area contributed by atoms with Gasteiger partial charge in [0, 0.05) is 29.1 Å². The van der Waals surface area contributed by atoms with Crippen molar-refractivity contribution in [2.24, 2.45) is 0 Å². The van der Waals surface area contributed by atoms with Crippen LogP contribution in [0.5, 0.6) is 17.2 Å². The van der Waals surface area contributed by atoms with Gasteiger partial charge in [-0.15, -0.1) is 11.3 Å². The first-order valence-corrected chi connectivity index (χ1v) is 11.1. The minimum atomic E-state index is -0.0165. The lowest BCUT2D eigenvalue weighted by molar-refractivity contribution is 0.0734. The number of rotatable bonds is 7. The van der Waals surface area contributed by atoms with Crippen LogP contribution < -0.4 is 14.2 Å². The molecule has 4 rings (SSSR count). The van der Waals surface area contributed by atoms with Gasteiger partial charge in [-0.3, -0.25) is 4.79 Å². The Morgan fingerprint density at radius 3 is 2.58 bits per heavy atom. The van der Waals surface area contributed by atoms with Gasteiger partial charge in [-0.2, -0.15) is 0 Å². The van der Waals surface area contributed by atoms with E-state index in [9.17, 15) is 4.79 Å². The van der Waals surface area contributed by atoms with E-state index in [0.717, 1.165) is 52.9 Å². The van der Waals surface area contributed by atoms with Gasteiger partial charge in [0.05, 0.1) is 31.0 Å². The maximum absolute atomic E-state index is 13.3. The van der Waals surface area contributed by atoms with E-state index in [0.29, 0.717) is 12.2 Å². The highest BCUT2D eigenvalue weighted by Gasteiger charge is 2.32. The lowest BCUT2D eigenvalue weighted by Gasteiger charge is -2.26. The zero-order valence-electron chi connectivity index (χ0n) is 18.0. The monoisotopic (exact) mass is 438 g/mol. The Hall–Kier alpha value is -3.06. The first-order valence-electron chi connectivity index (χ1n) is 10.3. The van der Waals surface area contributed by atoms with Crippen LogP contribution in [0.3, 0.4) is 0 Å². The van der Waals surface area contributed by atoms with Gasteiger partial charge in [-0.25, -0.2) is 4.98 Å². The van der Waals surface area contributed by atoms with Crippen molar-refractivity contribution in [3.63, 3.8) is 0 Å². The molecule has 1 fully saturated rings. The molecule has 1 aliphatic heterocycles. The summed E-state index contributed by atoms with van der Waals surface area (Å²) in [6.45, 7) is 3.12. The Bertz CT molecular complexity index is 1050. The van der Waals surface area contributed by atoms with Crippen LogP contribution in [0, 0.1) is 6.92 Å². The van der Waals surface area contributed by atoms with Crippen molar-refractivity contribution >= 4 is 17.2 Å². The molecule has 1 atom stereocenters. The van der Waals surface area contributed by atoms with E-state index in [1.165, 1.54) is 0 Å². The molecule has 2 aromatic carbocycles. The summed E-state index contributed by atoms with van der Waals surface area (Å²) in [4.78, 5) is 19.6. The number of hydrogen-bond donors (Lipinski definition) is 0. The van der Waals surface area contributed by atoms with Crippen LogP contribution in [0.2, 0.25) is 0 Å². The predicted octanol–water partition coefficient (Wildman–Crippen LogP) is 5.03. The summed E-state index contributed by atoms with van der Waals surface area (Å²) >= 11 is 1.61. The number of aromatic nitrogens is 1. The number of amides is 1. The van der Waals surface area contributed by atoms with E-state index in [1.807, 2.05) is 59.7 Å². The topological polar surface area (TPSA) is 60.9 Å². The molecule has 0 unspecified atom stereocenters. The van der Waals surface area contributed by atoms with E-state index in [1.54, 1.807) is 25.6 Å². The summed E-state index contributed by atoms with van der Waals surface area (Å²) in [5.41, 5.74) is 2.57. The second-order valence-electron chi connectivity index (χ2n) is 7.44. The Morgan fingerprint density at radius 2 is 1.90 bits per heavy atom. The molecule has 1 amide bonds. The Balaban J connectivity index is 1.47. The standard InChI is InChI=1S/C24H26N2O4S/c1-16-25-18(15-31-16)14-30-19-8-6-17(7-9-19)24(27)26-12-4-5-22(26)21-11-10-20(28-2)13-23(21)29-3/h6-11,13,15,22H,4-5,12,14H2,1-3H3/t22-/m0/s1. The molecule has 0 aliphatic carbocycles. The summed E-state index contributed by atoms with van der Waals surface area (Å²) in [7, 11) is 3.27. The van der Waals surface area contributed by atoms with Gasteiger partial charge in [-0.05, 0) is 56.2 Å². The van der Waals surface area contributed by atoms with Crippen molar-refractivity contribution in [1.82, 2.24) is 9.88 Å². The Kier molecular flexibility index (Phi) is 6.42. The summed E-state index contributed by atoms with van der Waals surface area (Å²) in [5.74, 6) is 2.21. The number of aryl methyl sites for hydroxylation is 1. The van der Waals surface area contributed by atoms with E-state index in [4.69, 9.17) is 14.2 Å². The van der Waals surface area contributed by atoms with Crippen molar-refractivity contribution in [1.29, 1.82) is 0 Å². The van der Waals surface area contributed by atoms with Crippen molar-refractivity contribution in [3.8, 4) is 17.2 Å². The smallest absolute Gasteiger partial charge is 0.254 e. The van der Waals surface area contributed by atoms with Gasteiger partial charge in [0.1, 0.15) is 23.9 Å². The fourth-order valence-corrected chi connectivity index (χ4v) is 4.52. The summed E-state index contributed by atoms with van der Waals surface area (Å²) in [6, 6.07) is 13.1. The summed E-state index contributed by atoms with van der Waals surface area (Å²) < 4.78 is 16.7. The van der Waals surface area contributed by atoms with Gasteiger partial charge in [-0.1, -0.05) is 0 Å². The van der Waals surface area contributed by atoms with Crippen molar-refractivity contribution in [3.05, 3.63) is 69.7 Å². The Morgan fingerprint density at radius 1 is 1.13 bits per heavy atom. The lowest BCUT2D eigenvalue weighted by Crippen LogP contribution is -2.30. The van der Waals surface area contributed by atoms with Crippen LogP contribution in [0.25, 0.3) is 0 Å². The average molecular weight is 439 g/mol. The molecule has 1 saturated heterocycles. The number of ether oxygens (including phenoxy) is 3. The molecule has 1 aromatic heterocycles. The highest BCUT2D eigenvalue weighted by atomic mass is 32.1. The molecule has 0 N–H and O–H groups in total. The summed E-state index contributed by atoms with van der Waals surface area (Å²) in [6.07, 6.45) is 1.86. The van der Waals surface area contributed by atoms with Crippen LogP contribution in [-0.2, 0) is 6.61 Å². The molecule has 6 nitrogen and oxygen atoms in total. The highest BCUT2D eigenvalue weighted by molar-refractivity contribution is 7.09. The normalized spacial score (nSPS) is 15.7. The second kappa shape index (κ2) is 9.39. The van der Waals surface area contributed by atoms with Gasteiger partial charge in [0.2, 0.25) is 0 Å². The van der Waals surface area contributed by atoms with E-state index < -0.39 is 0 Å². The van der Waals surface area contributed by atoms with Gasteiger partial charge in [0.25, 0.3) is 5.91 Å². The van der Waals surface area contributed by atoms with E-state index in [2.05, 4.69) is 4.98 Å². The molecule has 162 valence electrons. The van der Waals surface area contributed by atoms with Crippen LogP contribution in [0.15, 0.2) is 47.8 Å². The third kappa shape index (κ3) is 4.66. The van der Waals surface area contributed by atoms with Crippen LogP contribution in [-0.4, -0.2) is 36.6 Å². The average Bonchev–Trinajstić information content (AvgIpc) is 3.46. The highest BCUT2D eigenvalue weighted by Crippen LogP contribution is 2.39. The Labute approximate surface area is 186 Å². The first-order chi connectivity index (χ1) is 15.1. The van der Waals surface area contributed by atoms with Crippen LogP contribution in [0.1, 0.15) is 45.5 Å². The fourth-order valence-electron chi connectivity index (χ4n) is 3.92. The van der Waals surface area contributed by atoms with Gasteiger partial charge in [0.15, 0.2) is 0 Å². The first kappa shape index (κ1) is 21.2. The maximum Gasteiger partial charge on any atom is 0.254 e. The summed E-state index contributed by atoms with van der Waals surface area (Å²) in [5, 5.41) is 3.02. The number of benzene rings is 2. The molecule has 2 heterocycles. The number of likely N-dealkylation sites (tertiary alicyclic amines) is 1. The zero-order chi connectivity index (χ0) is 21.8. The third-order valence-electron chi connectivity index (χ3n) is 5.47. The number of carbonyl (C=O) groups excluding carboxylic acids is 1. The number of methoxy groups -OCH3 is 2. The van der Waals surface area contributed by atoms with Crippen molar-refractivity contribution in [2.75, 3.05) is 20.8 Å². The minimum absolute atomic E-state index is 0.0158. The van der Waals surface area contributed by atoms with Gasteiger partial charge >= 0.3 is 0 Å². The van der Waals surface area contributed by atoms with Crippen molar-refractivity contribution in [2.45, 2.75) is 32.4 Å². The quantitative estimate of drug-likeness (QED) is 0.518. The molecule has 0 radical (unpaired) electrons. The van der Waals surface area contributed by atoms with Gasteiger partial charge < -0.3 is 19.1 Å². The maximum atomic E-state index is 13.3. The van der Waals surface area contributed by atoms with Crippen LogP contribution in [0.4, 0.5) is 0 Å². The molecule has 7 heteroatoms. The predicted molar refractivity (Wildman–Crippen MR) is 120 cm³/mol. The second-order valence-corrected chi connectivity index (χ2v) is 8.50.